The molecule has 1 aromatic carbocycles. The molecule has 0 saturated heterocycles. The van der Waals surface area contributed by atoms with Crippen molar-refractivity contribution in [3.8, 4) is 0 Å². The van der Waals surface area contributed by atoms with E-state index >= 15 is 0 Å². The van der Waals surface area contributed by atoms with Gasteiger partial charge in [0.15, 0.2) is 11.0 Å². The molecule has 0 aliphatic carbocycles. The summed E-state index contributed by atoms with van der Waals surface area (Å²) < 4.78 is 44.3. The Morgan fingerprint density at radius 3 is 2.78 bits per heavy atom. The quantitative estimate of drug-likeness (QED) is 0.709. The van der Waals surface area contributed by atoms with Crippen LogP contribution in [0, 0.1) is 6.92 Å². The summed E-state index contributed by atoms with van der Waals surface area (Å²) in [5, 5.41) is 7.20. The number of fused-ring (bicyclic) bond motifs is 1. The van der Waals surface area contributed by atoms with Gasteiger partial charge in [0.2, 0.25) is 5.89 Å². The van der Waals surface area contributed by atoms with Crippen LogP contribution in [-0.4, -0.2) is 21.7 Å². The molecule has 2 heterocycles. The first kappa shape index (κ1) is 15.7. The topological polar surface area (TPSA) is 63.8 Å². The van der Waals surface area contributed by atoms with Gasteiger partial charge in [-0.25, -0.2) is 4.98 Å². The lowest BCUT2D eigenvalue weighted by molar-refractivity contribution is -0.136. The number of halogens is 3. The van der Waals surface area contributed by atoms with E-state index in [0.29, 0.717) is 40.9 Å². The van der Waals surface area contributed by atoms with Crippen molar-refractivity contribution in [1.29, 1.82) is 0 Å². The molecular formula is C14H13F3N4OS. The standard InChI is InChI=1S/C14H13F3N4OS/c1-8-19-11(22-21-8)6-3-7-18-13-20-12-9(14(15,16)17)4-2-5-10(12)23-13/h2,4-5H,3,6-7H2,1H3,(H,18,20). The molecule has 0 saturated carbocycles. The van der Waals surface area contributed by atoms with Crippen molar-refractivity contribution in [2.24, 2.45) is 0 Å². The summed E-state index contributed by atoms with van der Waals surface area (Å²) in [4.78, 5) is 8.15. The molecule has 23 heavy (non-hydrogen) atoms. The molecule has 122 valence electrons. The van der Waals surface area contributed by atoms with Crippen molar-refractivity contribution in [2.75, 3.05) is 11.9 Å². The van der Waals surface area contributed by atoms with Crippen molar-refractivity contribution >= 4 is 26.7 Å². The Kier molecular flexibility index (Phi) is 4.20. The third kappa shape index (κ3) is 3.61. The zero-order valence-corrected chi connectivity index (χ0v) is 13.0. The van der Waals surface area contributed by atoms with Crippen molar-refractivity contribution in [2.45, 2.75) is 25.9 Å². The number of aryl methyl sites for hydroxylation is 2. The second-order valence-corrected chi connectivity index (χ2v) is 5.97. The number of hydrogen-bond donors (Lipinski definition) is 1. The third-order valence-electron chi connectivity index (χ3n) is 3.14. The molecule has 0 bridgehead atoms. The largest absolute Gasteiger partial charge is 0.418 e. The maximum absolute atomic E-state index is 12.9. The highest BCUT2D eigenvalue weighted by molar-refractivity contribution is 7.22. The van der Waals surface area contributed by atoms with E-state index < -0.39 is 11.7 Å². The third-order valence-corrected chi connectivity index (χ3v) is 4.12. The Bertz CT molecular complexity index is 812. The highest BCUT2D eigenvalue weighted by Gasteiger charge is 2.33. The van der Waals surface area contributed by atoms with Crippen molar-refractivity contribution in [1.82, 2.24) is 15.1 Å². The van der Waals surface area contributed by atoms with Gasteiger partial charge >= 0.3 is 6.18 Å². The fourth-order valence-electron chi connectivity index (χ4n) is 2.13. The fraction of sp³-hybridized carbons (Fsp3) is 0.357. The van der Waals surface area contributed by atoms with E-state index in [0.717, 1.165) is 6.07 Å². The van der Waals surface area contributed by atoms with E-state index in [2.05, 4.69) is 20.4 Å². The molecule has 3 rings (SSSR count). The molecule has 0 amide bonds. The fourth-order valence-corrected chi connectivity index (χ4v) is 3.05. The van der Waals surface area contributed by atoms with Gasteiger partial charge in [-0.3, -0.25) is 0 Å². The molecule has 0 radical (unpaired) electrons. The SMILES string of the molecule is Cc1noc(CCCNc2nc3c(C(F)(F)F)cccc3s2)n1. The number of rotatable bonds is 5. The lowest BCUT2D eigenvalue weighted by Crippen LogP contribution is -2.06. The summed E-state index contributed by atoms with van der Waals surface area (Å²) in [6, 6.07) is 4.07. The van der Waals surface area contributed by atoms with E-state index in [1.807, 2.05) is 0 Å². The number of benzene rings is 1. The van der Waals surface area contributed by atoms with Gasteiger partial charge in [0, 0.05) is 13.0 Å². The second kappa shape index (κ2) is 6.15. The van der Waals surface area contributed by atoms with Crippen LogP contribution in [0.2, 0.25) is 0 Å². The number of anilines is 1. The van der Waals surface area contributed by atoms with Crippen LogP contribution in [0.5, 0.6) is 0 Å². The zero-order chi connectivity index (χ0) is 16.4. The summed E-state index contributed by atoms with van der Waals surface area (Å²) in [6.45, 7) is 2.30. The van der Waals surface area contributed by atoms with Crippen LogP contribution in [0.3, 0.4) is 0 Å². The second-order valence-electron chi connectivity index (χ2n) is 4.93. The summed E-state index contributed by atoms with van der Waals surface area (Å²) in [6.07, 6.45) is -3.09. The Morgan fingerprint density at radius 1 is 1.26 bits per heavy atom. The van der Waals surface area contributed by atoms with E-state index in [9.17, 15) is 13.2 Å². The number of aromatic nitrogens is 3. The number of nitrogens with zero attached hydrogens (tertiary/aromatic N) is 3. The summed E-state index contributed by atoms with van der Waals surface area (Å²) in [5.74, 6) is 1.13. The predicted octanol–water partition coefficient (Wildman–Crippen LogP) is 4.05. The molecule has 9 heteroatoms. The minimum atomic E-state index is -4.40. The number of hydrogen-bond acceptors (Lipinski definition) is 6. The number of nitrogens with one attached hydrogen (secondary N) is 1. The first-order chi connectivity index (χ1) is 10.9. The Labute approximate surface area is 133 Å². The van der Waals surface area contributed by atoms with Crippen molar-refractivity contribution in [3.63, 3.8) is 0 Å². The molecular weight excluding hydrogens is 329 g/mol. The van der Waals surface area contributed by atoms with Crippen LogP contribution >= 0.6 is 11.3 Å². The molecule has 1 N–H and O–H groups in total. The average Bonchev–Trinajstić information content (AvgIpc) is 3.07. The van der Waals surface area contributed by atoms with Crippen LogP contribution in [0.15, 0.2) is 22.7 Å². The molecule has 0 fully saturated rings. The van der Waals surface area contributed by atoms with E-state index in [4.69, 9.17) is 4.52 Å². The normalized spacial score (nSPS) is 12.0. The van der Waals surface area contributed by atoms with Gasteiger partial charge in [-0.15, -0.1) is 0 Å². The molecule has 2 aromatic heterocycles. The van der Waals surface area contributed by atoms with Gasteiger partial charge in [-0.05, 0) is 25.5 Å². The molecule has 0 aliphatic heterocycles. The van der Waals surface area contributed by atoms with Crippen molar-refractivity contribution in [3.05, 3.63) is 35.5 Å². The first-order valence-electron chi connectivity index (χ1n) is 6.93. The predicted molar refractivity (Wildman–Crippen MR) is 80.5 cm³/mol. The molecule has 0 aliphatic rings. The Balaban J connectivity index is 1.64. The highest BCUT2D eigenvalue weighted by Crippen LogP contribution is 2.37. The maximum Gasteiger partial charge on any atom is 0.418 e. The van der Waals surface area contributed by atoms with Gasteiger partial charge in [-0.2, -0.15) is 18.2 Å². The summed E-state index contributed by atoms with van der Waals surface area (Å²) in [7, 11) is 0. The lowest BCUT2D eigenvalue weighted by atomic mass is 10.2. The number of alkyl halides is 3. The summed E-state index contributed by atoms with van der Waals surface area (Å²) >= 11 is 1.20. The van der Waals surface area contributed by atoms with E-state index in [1.165, 1.54) is 17.4 Å². The van der Waals surface area contributed by atoms with Gasteiger partial charge in [0.05, 0.1) is 15.8 Å². The van der Waals surface area contributed by atoms with Gasteiger partial charge < -0.3 is 9.84 Å². The Hall–Kier alpha value is -2.16. The minimum Gasteiger partial charge on any atom is -0.361 e. The smallest absolute Gasteiger partial charge is 0.361 e. The molecule has 5 nitrogen and oxygen atoms in total. The molecule has 0 unspecified atom stereocenters. The zero-order valence-electron chi connectivity index (χ0n) is 12.1. The number of para-hydroxylation sites is 1. The van der Waals surface area contributed by atoms with E-state index in [-0.39, 0.29) is 5.52 Å². The summed E-state index contributed by atoms with van der Waals surface area (Å²) in [5.41, 5.74) is -0.722. The van der Waals surface area contributed by atoms with Crippen LogP contribution in [0.25, 0.3) is 10.2 Å². The molecule has 0 atom stereocenters. The van der Waals surface area contributed by atoms with Crippen LogP contribution in [-0.2, 0) is 12.6 Å². The number of thiazole rings is 1. The monoisotopic (exact) mass is 342 g/mol. The first-order valence-corrected chi connectivity index (χ1v) is 7.75. The lowest BCUT2D eigenvalue weighted by Gasteiger charge is -2.06. The van der Waals surface area contributed by atoms with Gasteiger partial charge in [0.1, 0.15) is 0 Å². The van der Waals surface area contributed by atoms with Crippen LogP contribution in [0.4, 0.5) is 18.3 Å². The van der Waals surface area contributed by atoms with Gasteiger partial charge in [-0.1, -0.05) is 22.6 Å². The Morgan fingerprint density at radius 2 is 2.09 bits per heavy atom. The van der Waals surface area contributed by atoms with Crippen molar-refractivity contribution < 1.29 is 17.7 Å². The van der Waals surface area contributed by atoms with E-state index in [1.54, 1.807) is 13.0 Å². The average molecular weight is 342 g/mol. The van der Waals surface area contributed by atoms with Crippen LogP contribution in [0.1, 0.15) is 23.7 Å². The van der Waals surface area contributed by atoms with Crippen LogP contribution < -0.4 is 5.32 Å². The molecule has 3 aromatic rings. The molecule has 0 spiro atoms. The highest BCUT2D eigenvalue weighted by atomic mass is 32.1. The maximum atomic E-state index is 12.9. The minimum absolute atomic E-state index is 0.0139. The van der Waals surface area contributed by atoms with Gasteiger partial charge in [0.25, 0.3) is 0 Å².